The van der Waals surface area contributed by atoms with Crippen molar-refractivity contribution >= 4 is 15.9 Å². The standard InChI is InChI=1S/C15H27BrN2O/c1-6-12(7-2)13(18(4)5)10-17-11(3)14-8-9-15(16)19-14/h8-9,11-13,17H,6-7,10H2,1-5H3. The highest BCUT2D eigenvalue weighted by Gasteiger charge is 2.21. The first-order valence-corrected chi connectivity index (χ1v) is 7.93. The van der Waals surface area contributed by atoms with Crippen molar-refractivity contribution in [3.8, 4) is 0 Å². The molecule has 0 radical (unpaired) electrons. The Hall–Kier alpha value is -0.320. The summed E-state index contributed by atoms with van der Waals surface area (Å²) in [4.78, 5) is 2.33. The van der Waals surface area contributed by atoms with Crippen LogP contribution in [-0.4, -0.2) is 31.6 Å². The van der Waals surface area contributed by atoms with Crippen LogP contribution in [0.25, 0.3) is 0 Å². The molecular weight excluding hydrogens is 304 g/mol. The van der Waals surface area contributed by atoms with Crippen LogP contribution in [0.5, 0.6) is 0 Å². The van der Waals surface area contributed by atoms with Crippen LogP contribution in [0, 0.1) is 5.92 Å². The third-order valence-corrected chi connectivity index (χ3v) is 4.34. The number of hydrogen-bond donors (Lipinski definition) is 1. The number of likely N-dealkylation sites (N-methyl/N-ethyl adjacent to an activating group) is 1. The first-order valence-electron chi connectivity index (χ1n) is 7.14. The lowest BCUT2D eigenvalue weighted by molar-refractivity contribution is 0.188. The molecule has 0 aliphatic carbocycles. The summed E-state index contributed by atoms with van der Waals surface area (Å²) in [7, 11) is 4.33. The molecule has 2 unspecified atom stereocenters. The lowest BCUT2D eigenvalue weighted by Gasteiger charge is -2.32. The fourth-order valence-corrected chi connectivity index (χ4v) is 2.88. The number of nitrogens with zero attached hydrogens (tertiary/aromatic N) is 1. The van der Waals surface area contributed by atoms with Gasteiger partial charge in [-0.2, -0.15) is 0 Å². The summed E-state index contributed by atoms with van der Waals surface area (Å²) in [6.45, 7) is 7.68. The molecule has 0 spiro atoms. The van der Waals surface area contributed by atoms with Crippen molar-refractivity contribution in [2.45, 2.75) is 45.7 Å². The molecule has 1 N–H and O–H groups in total. The number of nitrogens with one attached hydrogen (secondary N) is 1. The summed E-state index contributed by atoms with van der Waals surface area (Å²) in [5.41, 5.74) is 0. The van der Waals surface area contributed by atoms with Gasteiger partial charge in [-0.15, -0.1) is 0 Å². The van der Waals surface area contributed by atoms with E-state index in [1.807, 2.05) is 12.1 Å². The van der Waals surface area contributed by atoms with Gasteiger partial charge in [-0.25, -0.2) is 0 Å². The van der Waals surface area contributed by atoms with E-state index in [9.17, 15) is 0 Å². The Morgan fingerprint density at radius 1 is 1.26 bits per heavy atom. The van der Waals surface area contributed by atoms with Crippen LogP contribution >= 0.6 is 15.9 Å². The molecule has 0 aromatic carbocycles. The van der Waals surface area contributed by atoms with Gasteiger partial charge in [-0.1, -0.05) is 26.7 Å². The van der Waals surface area contributed by atoms with E-state index in [4.69, 9.17) is 4.42 Å². The highest BCUT2D eigenvalue weighted by atomic mass is 79.9. The molecule has 0 saturated heterocycles. The van der Waals surface area contributed by atoms with Gasteiger partial charge < -0.3 is 14.6 Å². The zero-order valence-electron chi connectivity index (χ0n) is 12.7. The Balaban J connectivity index is 2.56. The summed E-state index contributed by atoms with van der Waals surface area (Å²) < 4.78 is 6.38. The highest BCUT2D eigenvalue weighted by molar-refractivity contribution is 9.10. The summed E-state index contributed by atoms with van der Waals surface area (Å²) in [6, 6.07) is 4.76. The lowest BCUT2D eigenvalue weighted by atomic mass is 9.93. The fourth-order valence-electron chi connectivity index (χ4n) is 2.56. The first-order chi connectivity index (χ1) is 8.99. The van der Waals surface area contributed by atoms with Crippen molar-refractivity contribution < 1.29 is 4.42 Å². The molecule has 1 heterocycles. The van der Waals surface area contributed by atoms with Gasteiger partial charge in [0.05, 0.1) is 6.04 Å². The quantitative estimate of drug-likeness (QED) is 0.779. The Morgan fingerprint density at radius 2 is 1.89 bits per heavy atom. The van der Waals surface area contributed by atoms with E-state index in [0.717, 1.165) is 22.9 Å². The third-order valence-electron chi connectivity index (χ3n) is 3.91. The van der Waals surface area contributed by atoms with Crippen LogP contribution in [0.15, 0.2) is 21.2 Å². The van der Waals surface area contributed by atoms with E-state index >= 15 is 0 Å². The van der Waals surface area contributed by atoms with Gasteiger partial charge in [0.2, 0.25) is 0 Å². The van der Waals surface area contributed by atoms with Crippen molar-refractivity contribution in [1.29, 1.82) is 0 Å². The van der Waals surface area contributed by atoms with Gasteiger partial charge in [-0.3, -0.25) is 0 Å². The van der Waals surface area contributed by atoms with Gasteiger partial charge in [0, 0.05) is 12.6 Å². The largest absolute Gasteiger partial charge is 0.453 e. The van der Waals surface area contributed by atoms with E-state index < -0.39 is 0 Å². The predicted molar refractivity (Wildman–Crippen MR) is 84.4 cm³/mol. The number of halogens is 1. The fraction of sp³-hybridized carbons (Fsp3) is 0.733. The lowest BCUT2D eigenvalue weighted by Crippen LogP contribution is -2.43. The Kier molecular flexibility index (Phi) is 7.11. The molecule has 1 aromatic heterocycles. The van der Waals surface area contributed by atoms with Crippen molar-refractivity contribution in [2.24, 2.45) is 5.92 Å². The number of hydrogen-bond acceptors (Lipinski definition) is 3. The molecule has 0 saturated carbocycles. The molecule has 1 rings (SSSR count). The topological polar surface area (TPSA) is 28.4 Å². The second-order valence-corrected chi connectivity index (χ2v) is 6.16. The maximum Gasteiger partial charge on any atom is 0.169 e. The van der Waals surface area contributed by atoms with Crippen LogP contribution in [0.3, 0.4) is 0 Å². The Labute approximate surface area is 125 Å². The number of rotatable bonds is 8. The molecule has 0 aliphatic rings. The SMILES string of the molecule is CCC(CC)C(CNC(C)c1ccc(Br)o1)N(C)C. The molecular formula is C15H27BrN2O. The normalized spacial score (nSPS) is 15.2. The van der Waals surface area contributed by atoms with E-state index in [0.29, 0.717) is 6.04 Å². The smallest absolute Gasteiger partial charge is 0.169 e. The third kappa shape index (κ3) is 4.93. The Morgan fingerprint density at radius 3 is 2.32 bits per heavy atom. The van der Waals surface area contributed by atoms with E-state index in [2.05, 4.69) is 61.0 Å². The zero-order chi connectivity index (χ0) is 14.4. The van der Waals surface area contributed by atoms with Crippen molar-refractivity contribution in [2.75, 3.05) is 20.6 Å². The van der Waals surface area contributed by atoms with Crippen molar-refractivity contribution in [3.63, 3.8) is 0 Å². The maximum atomic E-state index is 5.59. The molecule has 110 valence electrons. The minimum atomic E-state index is 0.239. The van der Waals surface area contributed by atoms with Crippen molar-refractivity contribution in [3.05, 3.63) is 22.6 Å². The van der Waals surface area contributed by atoms with Crippen molar-refractivity contribution in [1.82, 2.24) is 10.2 Å². The van der Waals surface area contributed by atoms with Gasteiger partial charge in [-0.05, 0) is 55.0 Å². The summed E-state index contributed by atoms with van der Waals surface area (Å²) in [5.74, 6) is 1.71. The maximum absolute atomic E-state index is 5.59. The van der Waals surface area contributed by atoms with Gasteiger partial charge in [0.25, 0.3) is 0 Å². The molecule has 0 amide bonds. The molecule has 0 bridgehead atoms. The molecule has 4 heteroatoms. The molecule has 19 heavy (non-hydrogen) atoms. The van der Waals surface area contributed by atoms with Crippen LogP contribution in [0.2, 0.25) is 0 Å². The van der Waals surface area contributed by atoms with E-state index in [1.54, 1.807) is 0 Å². The van der Waals surface area contributed by atoms with Crippen LogP contribution in [0.1, 0.15) is 45.4 Å². The van der Waals surface area contributed by atoms with Crippen LogP contribution in [0.4, 0.5) is 0 Å². The summed E-state index contributed by atoms with van der Waals surface area (Å²) in [5, 5.41) is 3.59. The van der Waals surface area contributed by atoms with Gasteiger partial charge in [0.15, 0.2) is 4.67 Å². The summed E-state index contributed by atoms with van der Waals surface area (Å²) in [6.07, 6.45) is 2.45. The molecule has 0 aliphatic heterocycles. The Bertz CT molecular complexity index is 361. The summed E-state index contributed by atoms with van der Waals surface area (Å²) >= 11 is 3.35. The molecule has 2 atom stereocenters. The minimum absolute atomic E-state index is 0.239. The van der Waals surface area contributed by atoms with E-state index in [1.165, 1.54) is 12.8 Å². The average Bonchev–Trinajstić information content (AvgIpc) is 2.80. The average molecular weight is 331 g/mol. The predicted octanol–water partition coefficient (Wildman–Crippen LogP) is 4.06. The van der Waals surface area contributed by atoms with Crippen LogP contribution < -0.4 is 5.32 Å². The van der Waals surface area contributed by atoms with Gasteiger partial charge >= 0.3 is 0 Å². The molecule has 0 fully saturated rings. The highest BCUT2D eigenvalue weighted by Crippen LogP contribution is 2.21. The molecule has 1 aromatic rings. The van der Waals surface area contributed by atoms with Crippen LogP contribution in [-0.2, 0) is 0 Å². The monoisotopic (exact) mass is 330 g/mol. The van der Waals surface area contributed by atoms with E-state index in [-0.39, 0.29) is 6.04 Å². The zero-order valence-corrected chi connectivity index (χ0v) is 14.3. The minimum Gasteiger partial charge on any atom is -0.453 e. The first kappa shape index (κ1) is 16.7. The second-order valence-electron chi connectivity index (χ2n) is 5.38. The second kappa shape index (κ2) is 8.08. The number of furan rings is 1. The molecule has 3 nitrogen and oxygen atoms in total. The van der Waals surface area contributed by atoms with Gasteiger partial charge in [0.1, 0.15) is 5.76 Å².